The maximum Gasteiger partial charge on any atom is 0.227 e. The van der Waals surface area contributed by atoms with Crippen molar-refractivity contribution in [2.24, 2.45) is 10.1 Å². The zero-order chi connectivity index (χ0) is 17.6. The molecule has 0 bridgehead atoms. The van der Waals surface area contributed by atoms with Crippen molar-refractivity contribution in [1.82, 2.24) is 14.8 Å². The van der Waals surface area contributed by atoms with E-state index >= 15 is 0 Å². The fourth-order valence-electron chi connectivity index (χ4n) is 3.49. The Morgan fingerprint density at radius 3 is 2.68 bits per heavy atom. The van der Waals surface area contributed by atoms with Gasteiger partial charge in [-0.1, -0.05) is 18.5 Å². The molecule has 3 aliphatic rings. The van der Waals surface area contributed by atoms with Crippen LogP contribution in [-0.4, -0.2) is 60.2 Å². The predicted octanol–water partition coefficient (Wildman–Crippen LogP) is 3.54. The van der Waals surface area contributed by atoms with Crippen molar-refractivity contribution < 1.29 is 4.39 Å². The van der Waals surface area contributed by atoms with Crippen LogP contribution in [0.3, 0.4) is 0 Å². The van der Waals surface area contributed by atoms with Crippen molar-refractivity contribution in [2.75, 3.05) is 33.2 Å². The molecule has 25 heavy (non-hydrogen) atoms. The standard InChI is InChI=1S/C18H21ClFN5/c1-3-12-4-5-21-25-17(12)13-10-15(20)14(19)11-16(13)22-18(25)24-8-6-23(2)7-9-24/h5,10-11H,3-4,6-9H2,1-2H3. The van der Waals surface area contributed by atoms with Crippen molar-refractivity contribution in [1.29, 1.82) is 0 Å². The van der Waals surface area contributed by atoms with Gasteiger partial charge in [0.25, 0.3) is 0 Å². The number of hydrogen-bond acceptors (Lipinski definition) is 5. The Morgan fingerprint density at radius 1 is 1.20 bits per heavy atom. The van der Waals surface area contributed by atoms with E-state index in [0.29, 0.717) is 0 Å². The highest BCUT2D eigenvalue weighted by Gasteiger charge is 2.33. The number of benzene rings is 1. The van der Waals surface area contributed by atoms with E-state index in [2.05, 4.69) is 28.9 Å². The Kier molecular flexibility index (Phi) is 4.25. The molecular formula is C18H21ClFN5. The van der Waals surface area contributed by atoms with Crippen LogP contribution >= 0.6 is 11.6 Å². The number of rotatable bonds is 1. The lowest BCUT2D eigenvalue weighted by atomic mass is 9.98. The maximum atomic E-state index is 14.1. The van der Waals surface area contributed by atoms with E-state index in [9.17, 15) is 4.39 Å². The Morgan fingerprint density at radius 2 is 1.96 bits per heavy atom. The van der Waals surface area contributed by atoms with Crippen molar-refractivity contribution in [3.05, 3.63) is 34.1 Å². The van der Waals surface area contributed by atoms with E-state index in [0.717, 1.165) is 61.9 Å². The largest absolute Gasteiger partial charge is 0.338 e. The van der Waals surface area contributed by atoms with Crippen LogP contribution in [0.4, 0.5) is 10.1 Å². The third kappa shape index (κ3) is 2.83. The van der Waals surface area contributed by atoms with Gasteiger partial charge in [-0.25, -0.2) is 14.4 Å². The molecule has 0 N–H and O–H groups in total. The fourth-order valence-corrected chi connectivity index (χ4v) is 3.65. The van der Waals surface area contributed by atoms with Gasteiger partial charge in [-0.2, -0.15) is 5.10 Å². The highest BCUT2D eigenvalue weighted by atomic mass is 35.5. The minimum Gasteiger partial charge on any atom is -0.338 e. The minimum absolute atomic E-state index is 0.103. The molecule has 0 aromatic heterocycles. The van der Waals surface area contributed by atoms with Gasteiger partial charge in [0.1, 0.15) is 5.82 Å². The molecular weight excluding hydrogens is 341 g/mol. The average Bonchev–Trinajstić information content (AvgIpc) is 2.62. The van der Waals surface area contributed by atoms with Crippen LogP contribution < -0.4 is 0 Å². The van der Waals surface area contributed by atoms with Gasteiger partial charge in [-0.05, 0) is 31.2 Å². The summed E-state index contributed by atoms with van der Waals surface area (Å²) in [6.45, 7) is 5.86. The molecule has 0 spiro atoms. The second kappa shape index (κ2) is 6.42. The second-order valence-corrected chi connectivity index (χ2v) is 7.01. The van der Waals surface area contributed by atoms with Gasteiger partial charge in [0, 0.05) is 44.4 Å². The summed E-state index contributed by atoms with van der Waals surface area (Å²) in [6, 6.07) is 3.11. The van der Waals surface area contributed by atoms with Crippen LogP contribution in [0.5, 0.6) is 0 Å². The monoisotopic (exact) mass is 361 g/mol. The molecule has 132 valence electrons. The van der Waals surface area contributed by atoms with E-state index < -0.39 is 5.82 Å². The summed E-state index contributed by atoms with van der Waals surface area (Å²) in [5, 5.41) is 6.57. The summed E-state index contributed by atoms with van der Waals surface area (Å²) in [5.41, 5.74) is 3.68. The molecule has 1 fully saturated rings. The highest BCUT2D eigenvalue weighted by Crippen LogP contribution is 2.41. The summed E-state index contributed by atoms with van der Waals surface area (Å²) < 4.78 is 14.1. The number of nitrogens with zero attached hydrogens (tertiary/aromatic N) is 5. The van der Waals surface area contributed by atoms with E-state index in [-0.39, 0.29) is 5.02 Å². The van der Waals surface area contributed by atoms with Crippen molar-refractivity contribution in [3.8, 4) is 0 Å². The summed E-state index contributed by atoms with van der Waals surface area (Å²) in [4.78, 5) is 9.35. The van der Waals surface area contributed by atoms with Gasteiger partial charge in [0.15, 0.2) is 0 Å². The Hall–Kier alpha value is -1.92. The van der Waals surface area contributed by atoms with E-state index in [1.165, 1.54) is 11.6 Å². The number of hydrogen-bond donors (Lipinski definition) is 0. The lowest BCUT2D eigenvalue weighted by molar-refractivity contribution is 0.203. The van der Waals surface area contributed by atoms with Gasteiger partial charge in [-0.3, -0.25) is 0 Å². The van der Waals surface area contributed by atoms with Crippen LogP contribution in [0.2, 0.25) is 5.02 Å². The third-order valence-corrected chi connectivity index (χ3v) is 5.29. The summed E-state index contributed by atoms with van der Waals surface area (Å²) in [7, 11) is 2.12. The van der Waals surface area contributed by atoms with Gasteiger partial charge in [-0.15, -0.1) is 0 Å². The van der Waals surface area contributed by atoms with Crippen LogP contribution in [-0.2, 0) is 0 Å². The summed E-state index contributed by atoms with van der Waals surface area (Å²) >= 11 is 6.02. The second-order valence-electron chi connectivity index (χ2n) is 6.61. The highest BCUT2D eigenvalue weighted by molar-refractivity contribution is 6.31. The number of halogens is 2. The molecule has 1 aromatic rings. The molecule has 0 atom stereocenters. The van der Waals surface area contributed by atoms with Crippen LogP contribution in [0.25, 0.3) is 5.70 Å². The third-order valence-electron chi connectivity index (χ3n) is 5.00. The van der Waals surface area contributed by atoms with Gasteiger partial charge in [0.05, 0.1) is 16.4 Å². The fraction of sp³-hybridized carbons (Fsp3) is 0.444. The number of piperazine rings is 1. The van der Waals surface area contributed by atoms with E-state index in [1.807, 2.05) is 11.2 Å². The molecule has 0 saturated carbocycles. The normalized spacial score (nSPS) is 20.6. The first kappa shape index (κ1) is 16.5. The zero-order valence-electron chi connectivity index (χ0n) is 14.5. The number of likely N-dealkylation sites (N-methyl/N-ethyl adjacent to an activating group) is 1. The molecule has 4 rings (SSSR count). The van der Waals surface area contributed by atoms with Crippen LogP contribution in [0.1, 0.15) is 25.3 Å². The molecule has 1 aromatic carbocycles. The van der Waals surface area contributed by atoms with Crippen LogP contribution in [0.15, 0.2) is 27.8 Å². The summed E-state index contributed by atoms with van der Waals surface area (Å²) in [6.07, 6.45) is 3.57. The smallest absolute Gasteiger partial charge is 0.227 e. The van der Waals surface area contributed by atoms with Gasteiger partial charge < -0.3 is 9.80 Å². The molecule has 0 unspecified atom stereocenters. The molecule has 3 heterocycles. The number of hydrazone groups is 1. The van der Waals surface area contributed by atoms with Gasteiger partial charge in [0.2, 0.25) is 5.96 Å². The topological polar surface area (TPSA) is 34.4 Å². The lowest BCUT2D eigenvalue weighted by Crippen LogP contribution is -2.52. The molecule has 0 amide bonds. The van der Waals surface area contributed by atoms with Gasteiger partial charge >= 0.3 is 0 Å². The Labute approximate surface area is 152 Å². The first-order chi connectivity index (χ1) is 12.1. The van der Waals surface area contributed by atoms with Crippen molar-refractivity contribution >= 4 is 35.2 Å². The van der Waals surface area contributed by atoms with E-state index in [1.54, 1.807) is 6.07 Å². The molecule has 5 nitrogen and oxygen atoms in total. The molecule has 1 saturated heterocycles. The molecule has 7 heteroatoms. The molecule has 0 radical (unpaired) electrons. The SMILES string of the molecule is CCC1=C2c3cc(F)c(Cl)cc3N=C(N3CCN(C)CC3)N2N=CC1. The predicted molar refractivity (Wildman–Crippen MR) is 99.7 cm³/mol. The number of fused-ring (bicyclic) bond motifs is 3. The van der Waals surface area contributed by atoms with Crippen molar-refractivity contribution in [2.45, 2.75) is 19.8 Å². The van der Waals surface area contributed by atoms with Crippen LogP contribution in [0, 0.1) is 5.82 Å². The maximum absolute atomic E-state index is 14.1. The lowest BCUT2D eigenvalue weighted by Gasteiger charge is -2.41. The Balaban J connectivity index is 1.85. The number of aliphatic imine (C=N–C) groups is 1. The summed E-state index contributed by atoms with van der Waals surface area (Å²) in [5.74, 6) is 0.385. The number of allylic oxidation sites excluding steroid dienone is 1. The Bertz CT molecular complexity index is 793. The zero-order valence-corrected chi connectivity index (χ0v) is 15.2. The average molecular weight is 362 g/mol. The number of guanidine groups is 1. The first-order valence-electron chi connectivity index (χ1n) is 8.64. The molecule has 0 aliphatic carbocycles. The van der Waals surface area contributed by atoms with Crippen molar-refractivity contribution in [3.63, 3.8) is 0 Å². The first-order valence-corrected chi connectivity index (χ1v) is 9.02. The minimum atomic E-state index is -0.420. The quantitative estimate of drug-likeness (QED) is 0.767. The molecule has 3 aliphatic heterocycles. The van der Waals surface area contributed by atoms with E-state index in [4.69, 9.17) is 16.6 Å².